The van der Waals surface area contributed by atoms with Gasteiger partial charge in [-0.05, 0) is 96.3 Å². The number of benzene rings is 1. The second-order valence-electron chi connectivity index (χ2n) is 6.78. The van der Waals surface area contributed by atoms with Gasteiger partial charge in [0.2, 0.25) is 0 Å². The molecule has 1 aliphatic carbocycles. The van der Waals surface area contributed by atoms with E-state index in [0.717, 1.165) is 24.3 Å². The molecular weight excluding hydrogens is 437 g/mol. The summed E-state index contributed by atoms with van der Waals surface area (Å²) in [6.45, 7) is 8.19. The van der Waals surface area contributed by atoms with Crippen molar-refractivity contribution in [3.63, 3.8) is 0 Å². The van der Waals surface area contributed by atoms with Gasteiger partial charge >= 0.3 is 0 Å². The van der Waals surface area contributed by atoms with Crippen molar-refractivity contribution in [2.45, 2.75) is 52.5 Å². The van der Waals surface area contributed by atoms with Gasteiger partial charge in [0.25, 0.3) is 0 Å². The van der Waals surface area contributed by atoms with Crippen molar-refractivity contribution in [3.8, 4) is 0 Å². The predicted octanol–water partition coefficient (Wildman–Crippen LogP) is 6.17. The van der Waals surface area contributed by atoms with Crippen LogP contribution in [0.25, 0.3) is 0 Å². The molecule has 1 nitrogen and oxygen atoms in total. The highest BCUT2D eigenvalue weighted by molar-refractivity contribution is 14.1. The zero-order valence-corrected chi connectivity index (χ0v) is 17.1. The summed E-state index contributed by atoms with van der Waals surface area (Å²) in [7, 11) is 0. The van der Waals surface area contributed by atoms with Gasteiger partial charge in [0.15, 0.2) is 0 Å². The Labute approximate surface area is 151 Å². The molecule has 0 heterocycles. The molecule has 1 aromatic rings. The summed E-state index contributed by atoms with van der Waals surface area (Å²) in [4.78, 5) is 0. The second-order valence-corrected chi connectivity index (χ2v) is 8.88. The minimum Gasteiger partial charge on any atom is -0.310 e. The Morgan fingerprint density at radius 3 is 2.52 bits per heavy atom. The number of nitrogens with one attached hydrogen (secondary N) is 1. The predicted molar refractivity (Wildman–Crippen MR) is 104 cm³/mol. The molecule has 1 N–H and O–H groups in total. The van der Waals surface area contributed by atoms with Crippen molar-refractivity contribution in [2.24, 2.45) is 17.8 Å². The molecule has 3 atom stereocenters. The van der Waals surface area contributed by atoms with Gasteiger partial charge in [0.1, 0.15) is 0 Å². The molecule has 0 aromatic heterocycles. The first-order valence-electron chi connectivity index (χ1n) is 8.19. The summed E-state index contributed by atoms with van der Waals surface area (Å²) >= 11 is 6.20. The molecule has 0 saturated heterocycles. The van der Waals surface area contributed by atoms with E-state index in [2.05, 4.69) is 82.8 Å². The summed E-state index contributed by atoms with van der Waals surface area (Å²) in [6.07, 6.45) is 5.29. The van der Waals surface area contributed by atoms with Crippen molar-refractivity contribution < 1.29 is 0 Å². The first-order valence-corrected chi connectivity index (χ1v) is 10.1. The lowest BCUT2D eigenvalue weighted by Crippen LogP contribution is -2.34. The van der Waals surface area contributed by atoms with E-state index in [9.17, 15) is 0 Å². The van der Waals surface area contributed by atoms with Gasteiger partial charge in [-0.3, -0.25) is 0 Å². The summed E-state index contributed by atoms with van der Waals surface area (Å²) in [6, 6.07) is 7.21. The molecule has 3 unspecified atom stereocenters. The molecule has 0 aliphatic heterocycles. The van der Waals surface area contributed by atoms with Gasteiger partial charge in [-0.2, -0.15) is 0 Å². The Hall–Kier alpha value is 0.390. The summed E-state index contributed by atoms with van der Waals surface area (Å²) in [5.74, 6) is 2.46. The summed E-state index contributed by atoms with van der Waals surface area (Å²) in [5.41, 5.74) is 1.45. The van der Waals surface area contributed by atoms with Gasteiger partial charge in [0, 0.05) is 14.1 Å². The van der Waals surface area contributed by atoms with Crippen LogP contribution >= 0.6 is 38.5 Å². The topological polar surface area (TPSA) is 12.0 Å². The van der Waals surface area contributed by atoms with Crippen LogP contribution < -0.4 is 5.32 Å². The molecule has 21 heavy (non-hydrogen) atoms. The molecular formula is C18H27BrIN. The summed E-state index contributed by atoms with van der Waals surface area (Å²) < 4.78 is 2.58. The number of hydrogen-bond acceptors (Lipinski definition) is 1. The highest BCUT2D eigenvalue weighted by Gasteiger charge is 2.31. The van der Waals surface area contributed by atoms with Gasteiger partial charge < -0.3 is 5.32 Å². The third-order valence-corrected chi connectivity index (χ3v) is 5.99. The van der Waals surface area contributed by atoms with Crippen LogP contribution in [0.2, 0.25) is 0 Å². The standard InChI is InChI=1S/C18H27BrIN/c1-4-7-21-18(14-9-12(2)8-13(3)10-14)16-11-15(20)5-6-17(16)19/h5-6,11-14,18,21H,4,7-10H2,1-3H3. The lowest BCUT2D eigenvalue weighted by atomic mass is 9.72. The monoisotopic (exact) mass is 463 g/mol. The maximum atomic E-state index is 3.83. The van der Waals surface area contributed by atoms with Gasteiger partial charge in [-0.1, -0.05) is 36.7 Å². The minimum absolute atomic E-state index is 0.485. The van der Waals surface area contributed by atoms with Gasteiger partial charge in [-0.15, -0.1) is 0 Å². The fourth-order valence-electron chi connectivity index (χ4n) is 3.86. The first-order chi connectivity index (χ1) is 10.0. The van der Waals surface area contributed by atoms with E-state index in [1.54, 1.807) is 0 Å². The van der Waals surface area contributed by atoms with E-state index in [0.29, 0.717) is 6.04 Å². The molecule has 0 spiro atoms. The highest BCUT2D eigenvalue weighted by Crippen LogP contribution is 2.41. The normalized spacial score (nSPS) is 27.6. The molecule has 2 rings (SSSR count). The largest absolute Gasteiger partial charge is 0.310 e. The van der Waals surface area contributed by atoms with Crippen LogP contribution in [0.4, 0.5) is 0 Å². The van der Waals surface area contributed by atoms with Gasteiger partial charge in [-0.25, -0.2) is 0 Å². The molecule has 0 radical (unpaired) electrons. The van der Waals surface area contributed by atoms with Crippen molar-refractivity contribution in [3.05, 3.63) is 31.8 Å². The molecule has 118 valence electrons. The van der Waals surface area contributed by atoms with Crippen molar-refractivity contribution in [1.29, 1.82) is 0 Å². The Balaban J connectivity index is 2.26. The molecule has 1 aliphatic rings. The van der Waals surface area contributed by atoms with E-state index in [4.69, 9.17) is 0 Å². The Kier molecular flexibility index (Phi) is 7.01. The van der Waals surface area contributed by atoms with Crippen LogP contribution in [0.1, 0.15) is 58.1 Å². The van der Waals surface area contributed by atoms with E-state index in [-0.39, 0.29) is 0 Å². The minimum atomic E-state index is 0.485. The van der Waals surface area contributed by atoms with Crippen LogP contribution in [0.5, 0.6) is 0 Å². The van der Waals surface area contributed by atoms with Crippen LogP contribution in [0, 0.1) is 21.3 Å². The zero-order chi connectivity index (χ0) is 15.4. The molecule has 0 bridgehead atoms. The molecule has 1 aromatic carbocycles. The SMILES string of the molecule is CCCNC(c1cc(I)ccc1Br)C1CC(C)CC(C)C1. The van der Waals surface area contributed by atoms with E-state index < -0.39 is 0 Å². The lowest BCUT2D eigenvalue weighted by molar-refractivity contribution is 0.176. The Morgan fingerprint density at radius 1 is 1.24 bits per heavy atom. The quantitative estimate of drug-likeness (QED) is 0.515. The average molecular weight is 464 g/mol. The number of rotatable bonds is 5. The molecule has 1 saturated carbocycles. The third kappa shape index (κ3) is 4.93. The lowest BCUT2D eigenvalue weighted by Gasteiger charge is -2.37. The van der Waals surface area contributed by atoms with Crippen molar-refractivity contribution >= 4 is 38.5 Å². The maximum Gasteiger partial charge on any atom is 0.0360 e. The Bertz CT molecular complexity index is 453. The molecule has 0 amide bonds. The first kappa shape index (κ1) is 17.7. The third-order valence-electron chi connectivity index (χ3n) is 4.59. The van der Waals surface area contributed by atoms with E-state index in [1.165, 1.54) is 39.3 Å². The van der Waals surface area contributed by atoms with E-state index >= 15 is 0 Å². The van der Waals surface area contributed by atoms with Crippen LogP contribution in [-0.2, 0) is 0 Å². The van der Waals surface area contributed by atoms with Gasteiger partial charge in [0.05, 0.1) is 0 Å². The van der Waals surface area contributed by atoms with Crippen LogP contribution in [-0.4, -0.2) is 6.54 Å². The average Bonchev–Trinajstić information content (AvgIpc) is 2.42. The summed E-state index contributed by atoms with van der Waals surface area (Å²) in [5, 5.41) is 3.83. The number of hydrogen-bond donors (Lipinski definition) is 1. The van der Waals surface area contributed by atoms with Crippen molar-refractivity contribution in [2.75, 3.05) is 6.54 Å². The molecule has 1 fully saturated rings. The van der Waals surface area contributed by atoms with E-state index in [1.807, 2.05) is 0 Å². The smallest absolute Gasteiger partial charge is 0.0360 e. The number of halogens is 2. The van der Waals surface area contributed by atoms with Crippen LogP contribution in [0.3, 0.4) is 0 Å². The Morgan fingerprint density at radius 2 is 1.90 bits per heavy atom. The zero-order valence-electron chi connectivity index (χ0n) is 13.3. The second kappa shape index (κ2) is 8.30. The highest BCUT2D eigenvalue weighted by atomic mass is 127. The molecule has 3 heteroatoms. The van der Waals surface area contributed by atoms with Crippen LogP contribution in [0.15, 0.2) is 22.7 Å². The fraction of sp³-hybridized carbons (Fsp3) is 0.667. The van der Waals surface area contributed by atoms with Crippen molar-refractivity contribution in [1.82, 2.24) is 5.32 Å². The maximum absolute atomic E-state index is 3.83. The fourth-order valence-corrected chi connectivity index (χ4v) is 4.87.